The average Bonchev–Trinajstić information content (AvgIpc) is 2.36. The third-order valence-electron chi connectivity index (χ3n) is 1.39. The lowest BCUT2D eigenvalue weighted by atomic mass is 10.1. The Labute approximate surface area is 57.9 Å². The maximum Gasteiger partial charge on any atom is 0.310 e. The molecule has 0 saturated carbocycles. The van der Waals surface area contributed by atoms with Crippen LogP contribution in [0.25, 0.3) is 0 Å². The van der Waals surface area contributed by atoms with Gasteiger partial charge in [-0.15, -0.1) is 0 Å². The van der Waals surface area contributed by atoms with E-state index in [1.54, 1.807) is 13.1 Å². The standard InChI is InChI=1S/C6H8N2O2/c1-4(6(9)10)5-2-7-8-3-5/h2-4H,1H3,(H,7,8)(H,9,10)/t4-/m0/s1. The van der Waals surface area contributed by atoms with E-state index in [2.05, 4.69) is 10.2 Å². The van der Waals surface area contributed by atoms with Crippen LogP contribution >= 0.6 is 0 Å². The quantitative estimate of drug-likeness (QED) is 0.632. The molecule has 4 nitrogen and oxygen atoms in total. The van der Waals surface area contributed by atoms with Gasteiger partial charge in [0.1, 0.15) is 0 Å². The van der Waals surface area contributed by atoms with Crippen molar-refractivity contribution in [1.82, 2.24) is 10.2 Å². The Morgan fingerprint density at radius 1 is 1.90 bits per heavy atom. The number of carboxylic acids is 1. The molecule has 4 heteroatoms. The van der Waals surface area contributed by atoms with Crippen LogP contribution in [0.4, 0.5) is 0 Å². The number of carbonyl (C=O) groups is 1. The molecule has 0 bridgehead atoms. The third kappa shape index (κ3) is 1.15. The van der Waals surface area contributed by atoms with Gasteiger partial charge in [-0.2, -0.15) is 5.10 Å². The smallest absolute Gasteiger partial charge is 0.310 e. The normalized spacial score (nSPS) is 12.9. The summed E-state index contributed by atoms with van der Waals surface area (Å²) in [7, 11) is 0. The number of aliphatic carboxylic acids is 1. The van der Waals surface area contributed by atoms with E-state index in [9.17, 15) is 4.79 Å². The van der Waals surface area contributed by atoms with Crippen LogP contribution in [0.3, 0.4) is 0 Å². The van der Waals surface area contributed by atoms with E-state index >= 15 is 0 Å². The van der Waals surface area contributed by atoms with Crippen LogP contribution in [0.1, 0.15) is 18.4 Å². The van der Waals surface area contributed by atoms with Crippen molar-refractivity contribution in [3.8, 4) is 0 Å². The molecule has 0 fully saturated rings. The summed E-state index contributed by atoms with van der Waals surface area (Å²) in [5.74, 6) is -1.31. The molecule has 0 saturated heterocycles. The highest BCUT2D eigenvalue weighted by Gasteiger charge is 2.13. The number of H-pyrrole nitrogens is 1. The zero-order valence-electron chi connectivity index (χ0n) is 5.53. The van der Waals surface area contributed by atoms with Crippen LogP contribution in [0.15, 0.2) is 12.4 Å². The van der Waals surface area contributed by atoms with Gasteiger partial charge in [0.15, 0.2) is 0 Å². The van der Waals surface area contributed by atoms with Crippen LogP contribution in [-0.4, -0.2) is 21.3 Å². The fourth-order valence-electron chi connectivity index (χ4n) is 0.640. The molecular weight excluding hydrogens is 132 g/mol. The number of rotatable bonds is 2. The number of hydrogen-bond acceptors (Lipinski definition) is 2. The number of nitrogens with one attached hydrogen (secondary N) is 1. The fourth-order valence-corrected chi connectivity index (χ4v) is 0.640. The summed E-state index contributed by atoms with van der Waals surface area (Å²) in [5, 5.41) is 14.7. The summed E-state index contributed by atoms with van der Waals surface area (Å²) in [4.78, 5) is 10.4. The maximum atomic E-state index is 10.4. The molecule has 54 valence electrons. The van der Waals surface area contributed by atoms with Crippen molar-refractivity contribution in [3.63, 3.8) is 0 Å². The van der Waals surface area contributed by atoms with Crippen LogP contribution in [0.2, 0.25) is 0 Å². The molecule has 0 aromatic carbocycles. The minimum atomic E-state index is -0.832. The molecule has 0 aliphatic rings. The summed E-state index contributed by atoms with van der Waals surface area (Å²) in [6, 6.07) is 0. The highest BCUT2D eigenvalue weighted by atomic mass is 16.4. The third-order valence-corrected chi connectivity index (χ3v) is 1.39. The second-order valence-corrected chi connectivity index (χ2v) is 2.09. The molecule has 1 rings (SSSR count). The summed E-state index contributed by atoms with van der Waals surface area (Å²) in [6.45, 7) is 1.62. The molecule has 0 aliphatic heterocycles. The van der Waals surface area contributed by atoms with E-state index in [0.717, 1.165) is 0 Å². The van der Waals surface area contributed by atoms with Gasteiger partial charge in [0, 0.05) is 11.8 Å². The lowest BCUT2D eigenvalue weighted by molar-refractivity contribution is -0.138. The van der Waals surface area contributed by atoms with Crippen molar-refractivity contribution in [2.24, 2.45) is 0 Å². The number of nitrogens with zero attached hydrogens (tertiary/aromatic N) is 1. The van der Waals surface area contributed by atoms with Gasteiger partial charge in [-0.25, -0.2) is 0 Å². The van der Waals surface area contributed by atoms with Gasteiger partial charge in [0.05, 0.1) is 12.1 Å². The molecule has 0 spiro atoms. The second-order valence-electron chi connectivity index (χ2n) is 2.09. The molecule has 0 radical (unpaired) electrons. The second kappa shape index (κ2) is 2.51. The predicted octanol–water partition coefficient (Wildman–Crippen LogP) is 0.598. The van der Waals surface area contributed by atoms with E-state index in [1.165, 1.54) is 6.20 Å². The first-order valence-corrected chi connectivity index (χ1v) is 2.93. The topological polar surface area (TPSA) is 66.0 Å². The number of hydrogen-bond donors (Lipinski definition) is 2. The van der Waals surface area contributed by atoms with Crippen molar-refractivity contribution in [1.29, 1.82) is 0 Å². The molecule has 1 atom stereocenters. The van der Waals surface area contributed by atoms with Gasteiger partial charge < -0.3 is 5.11 Å². The van der Waals surface area contributed by atoms with Gasteiger partial charge in [-0.1, -0.05) is 0 Å². The SMILES string of the molecule is C[C@H](C(=O)O)c1cn[nH]c1. The minimum absolute atomic E-state index is 0.473. The lowest BCUT2D eigenvalue weighted by Crippen LogP contribution is -2.05. The van der Waals surface area contributed by atoms with Crippen molar-refractivity contribution >= 4 is 5.97 Å². The van der Waals surface area contributed by atoms with E-state index in [1.807, 2.05) is 0 Å². The van der Waals surface area contributed by atoms with E-state index in [-0.39, 0.29) is 0 Å². The zero-order valence-corrected chi connectivity index (χ0v) is 5.53. The van der Waals surface area contributed by atoms with Crippen LogP contribution in [-0.2, 0) is 4.79 Å². The fraction of sp³-hybridized carbons (Fsp3) is 0.333. The van der Waals surface area contributed by atoms with Crippen molar-refractivity contribution in [2.45, 2.75) is 12.8 Å². The molecule has 10 heavy (non-hydrogen) atoms. The Morgan fingerprint density at radius 3 is 3.00 bits per heavy atom. The molecular formula is C6H8N2O2. The lowest BCUT2D eigenvalue weighted by Gasteiger charge is -1.99. The first-order chi connectivity index (χ1) is 4.72. The first kappa shape index (κ1) is 6.80. The zero-order chi connectivity index (χ0) is 7.56. The van der Waals surface area contributed by atoms with Crippen LogP contribution in [0, 0.1) is 0 Å². The molecule has 0 unspecified atom stereocenters. The Balaban J connectivity index is 2.77. The van der Waals surface area contributed by atoms with E-state index in [0.29, 0.717) is 5.56 Å². The van der Waals surface area contributed by atoms with Gasteiger partial charge in [-0.05, 0) is 6.92 Å². The average molecular weight is 140 g/mol. The van der Waals surface area contributed by atoms with Gasteiger partial charge in [-0.3, -0.25) is 9.89 Å². The Morgan fingerprint density at radius 2 is 2.60 bits per heavy atom. The van der Waals surface area contributed by atoms with E-state index < -0.39 is 11.9 Å². The molecule has 1 heterocycles. The molecule has 0 aliphatic carbocycles. The van der Waals surface area contributed by atoms with Gasteiger partial charge in [0.2, 0.25) is 0 Å². The van der Waals surface area contributed by atoms with Crippen molar-refractivity contribution in [3.05, 3.63) is 18.0 Å². The molecule has 2 N–H and O–H groups in total. The first-order valence-electron chi connectivity index (χ1n) is 2.93. The summed E-state index contributed by atoms with van der Waals surface area (Å²) >= 11 is 0. The predicted molar refractivity (Wildman–Crippen MR) is 34.6 cm³/mol. The monoisotopic (exact) mass is 140 g/mol. The van der Waals surface area contributed by atoms with Gasteiger partial charge in [0.25, 0.3) is 0 Å². The Kier molecular flexibility index (Phi) is 1.71. The van der Waals surface area contributed by atoms with Crippen molar-refractivity contribution < 1.29 is 9.90 Å². The number of aromatic amines is 1. The summed E-state index contributed by atoms with van der Waals surface area (Å²) in [6.07, 6.45) is 3.09. The van der Waals surface area contributed by atoms with Crippen molar-refractivity contribution in [2.75, 3.05) is 0 Å². The summed E-state index contributed by atoms with van der Waals surface area (Å²) < 4.78 is 0. The highest BCUT2D eigenvalue weighted by molar-refractivity contribution is 5.75. The van der Waals surface area contributed by atoms with Crippen LogP contribution < -0.4 is 0 Å². The molecule has 1 aromatic rings. The molecule has 1 aromatic heterocycles. The maximum absolute atomic E-state index is 10.4. The number of carboxylic acid groups (broad SMARTS) is 1. The van der Waals surface area contributed by atoms with Gasteiger partial charge >= 0.3 is 5.97 Å². The highest BCUT2D eigenvalue weighted by Crippen LogP contribution is 2.11. The Bertz CT molecular complexity index is 218. The van der Waals surface area contributed by atoms with Crippen LogP contribution in [0.5, 0.6) is 0 Å². The van der Waals surface area contributed by atoms with E-state index in [4.69, 9.17) is 5.11 Å². The largest absolute Gasteiger partial charge is 0.481 e. The molecule has 0 amide bonds. The number of aromatic nitrogens is 2. The summed E-state index contributed by atoms with van der Waals surface area (Å²) in [5.41, 5.74) is 0.701. The minimum Gasteiger partial charge on any atom is -0.481 e. The Hall–Kier alpha value is -1.32.